The van der Waals surface area contributed by atoms with E-state index in [4.69, 9.17) is 13.6 Å². The number of pyridine rings is 1. The van der Waals surface area contributed by atoms with Crippen LogP contribution in [0.2, 0.25) is 0 Å². The second kappa shape index (κ2) is 10.5. The van der Waals surface area contributed by atoms with Gasteiger partial charge < -0.3 is 28.3 Å². The third-order valence-corrected chi connectivity index (χ3v) is 8.44. The van der Waals surface area contributed by atoms with Crippen molar-refractivity contribution in [2.45, 2.75) is 0 Å². The van der Waals surface area contributed by atoms with Crippen LogP contribution in [0.5, 0.6) is 11.6 Å². The highest BCUT2D eigenvalue weighted by Gasteiger charge is 2.25. The number of hydrogen-bond acceptors (Lipinski definition) is 7. The van der Waals surface area contributed by atoms with E-state index in [1.807, 2.05) is 54.6 Å². The molecule has 5 aromatic carbocycles. The molecule has 0 spiro atoms. The number of aromatic nitrogens is 1. The maximum atomic E-state index is 6.54. The van der Waals surface area contributed by atoms with E-state index in [1.54, 1.807) is 6.20 Å². The van der Waals surface area contributed by atoms with Crippen molar-refractivity contribution >= 4 is 66.6 Å². The zero-order chi connectivity index (χ0) is 30.6. The van der Waals surface area contributed by atoms with Crippen molar-refractivity contribution in [2.24, 2.45) is 0 Å². The Balaban J connectivity index is 1.35. The van der Waals surface area contributed by atoms with Gasteiger partial charge in [0.25, 0.3) is 0 Å². The third kappa shape index (κ3) is 4.32. The second-order valence-corrected chi connectivity index (χ2v) is 11.5. The normalized spacial score (nSPS) is 13.1. The predicted molar refractivity (Wildman–Crippen MR) is 184 cm³/mol. The van der Waals surface area contributed by atoms with Crippen LogP contribution in [-0.2, 0) is 0 Å². The molecule has 46 heavy (non-hydrogen) atoms. The smallest absolute Gasteiger partial charge is 0.219 e. The van der Waals surface area contributed by atoms with Crippen LogP contribution in [0.1, 0.15) is 0 Å². The van der Waals surface area contributed by atoms with Crippen molar-refractivity contribution in [3.05, 3.63) is 140 Å². The Morgan fingerprint density at radius 1 is 0.652 bits per heavy atom. The summed E-state index contributed by atoms with van der Waals surface area (Å²) in [5.74, 6) is 1.17. The first-order valence-corrected chi connectivity index (χ1v) is 15.2. The quantitative estimate of drug-likeness (QED) is 0.188. The molecule has 0 atom stereocenters. The summed E-state index contributed by atoms with van der Waals surface area (Å²) in [5, 5.41) is 3.95. The van der Waals surface area contributed by atoms with E-state index in [9.17, 15) is 0 Å². The minimum absolute atomic E-state index is 0.507. The summed E-state index contributed by atoms with van der Waals surface area (Å²) in [5.41, 5.74) is 7.03. The Labute approximate surface area is 264 Å². The Morgan fingerprint density at radius 3 is 2.07 bits per heavy atom. The van der Waals surface area contributed by atoms with Gasteiger partial charge in [0.1, 0.15) is 28.1 Å². The molecule has 1 aliphatic heterocycles. The van der Waals surface area contributed by atoms with Gasteiger partial charge in [-0.15, -0.1) is 0 Å². The molecule has 0 amide bonds. The van der Waals surface area contributed by atoms with E-state index >= 15 is 0 Å². The molecule has 7 heteroatoms. The van der Waals surface area contributed by atoms with Crippen LogP contribution in [0.15, 0.2) is 149 Å². The summed E-state index contributed by atoms with van der Waals surface area (Å²) in [7, 11) is 2.07. The number of hydrogen-bond donors (Lipinski definition) is 0. The van der Waals surface area contributed by atoms with Gasteiger partial charge in [-0.2, -0.15) is 0 Å². The van der Waals surface area contributed by atoms with E-state index < -0.39 is 0 Å². The fraction of sp³-hybridized carbons (Fsp3) is 0.0513. The minimum Gasteiger partial charge on any atom is -0.456 e. The van der Waals surface area contributed by atoms with Crippen molar-refractivity contribution in [1.82, 2.24) is 9.88 Å². The fourth-order valence-electron chi connectivity index (χ4n) is 6.39. The summed E-state index contributed by atoms with van der Waals surface area (Å²) < 4.78 is 19.5. The molecule has 1 aliphatic rings. The van der Waals surface area contributed by atoms with Crippen molar-refractivity contribution in [3.8, 4) is 11.6 Å². The number of fused-ring (bicyclic) bond motifs is 6. The van der Waals surface area contributed by atoms with Gasteiger partial charge in [-0.25, -0.2) is 4.98 Å². The maximum Gasteiger partial charge on any atom is 0.219 e. The van der Waals surface area contributed by atoms with Crippen LogP contribution in [-0.4, -0.2) is 23.6 Å². The highest BCUT2D eigenvalue weighted by atomic mass is 16.5. The maximum absolute atomic E-state index is 6.54. The highest BCUT2D eigenvalue weighted by Crippen LogP contribution is 2.48. The van der Waals surface area contributed by atoms with E-state index in [-0.39, 0.29) is 0 Å². The molecule has 0 radical (unpaired) electrons. The number of rotatable bonds is 6. The van der Waals surface area contributed by atoms with E-state index in [2.05, 4.69) is 106 Å². The lowest BCUT2D eigenvalue weighted by atomic mass is 10.1. The standard InChI is InChI=1S/C39H28N4O3/c1-41-19-20-42(25-41)27-21-31(38-29-13-5-7-15-32(29)44-34(38)22-27)43(26-11-3-2-4-12-26)28-23-35-39(30-14-6-8-16-33(30)45-35)36(24-28)46-37-17-9-10-18-40-37/h2-24H,25H2,1H3. The van der Waals surface area contributed by atoms with Gasteiger partial charge in [-0.05, 0) is 36.4 Å². The Kier molecular flexibility index (Phi) is 5.96. The Hall–Kier alpha value is -6.21. The number of ether oxygens (including phenoxy) is 1. The average Bonchev–Trinajstić information content (AvgIpc) is 3.80. The van der Waals surface area contributed by atoms with E-state index in [1.165, 1.54) is 0 Å². The first-order chi connectivity index (χ1) is 22.7. The molecular formula is C39H28N4O3. The molecule has 8 aromatic rings. The molecule has 3 aromatic heterocycles. The predicted octanol–water partition coefficient (Wildman–Crippen LogP) is 10.3. The highest BCUT2D eigenvalue weighted by molar-refractivity contribution is 6.15. The summed E-state index contributed by atoms with van der Waals surface area (Å²) >= 11 is 0. The molecule has 7 nitrogen and oxygen atoms in total. The van der Waals surface area contributed by atoms with Crippen LogP contribution in [0.25, 0.3) is 43.9 Å². The number of furan rings is 2. The molecule has 0 fully saturated rings. The van der Waals surface area contributed by atoms with Gasteiger partial charge >= 0.3 is 0 Å². The van der Waals surface area contributed by atoms with Crippen molar-refractivity contribution in [3.63, 3.8) is 0 Å². The number of anilines is 4. The van der Waals surface area contributed by atoms with Crippen molar-refractivity contribution in [1.29, 1.82) is 0 Å². The molecule has 4 heterocycles. The third-order valence-electron chi connectivity index (χ3n) is 8.44. The molecule has 0 saturated carbocycles. The zero-order valence-corrected chi connectivity index (χ0v) is 25.0. The first kappa shape index (κ1) is 26.2. The van der Waals surface area contributed by atoms with Gasteiger partial charge in [0.05, 0.1) is 28.8 Å². The van der Waals surface area contributed by atoms with E-state index in [0.717, 1.165) is 73.3 Å². The molecule has 9 rings (SSSR count). The van der Waals surface area contributed by atoms with Crippen LogP contribution in [0, 0.1) is 0 Å². The SMILES string of the molecule is CN1C=CN(c2cc(N(c3ccccc3)c3cc(Oc4ccccn4)c4c(c3)oc3ccccc34)c3c(c2)oc2ccccc23)C1. The van der Waals surface area contributed by atoms with Gasteiger partial charge in [0.15, 0.2) is 0 Å². The molecule has 0 unspecified atom stereocenters. The number of para-hydroxylation sites is 3. The summed E-state index contributed by atoms with van der Waals surface area (Å²) in [4.78, 5) is 11.1. The lowest BCUT2D eigenvalue weighted by molar-refractivity contribution is 0.468. The minimum atomic E-state index is 0.507. The fourth-order valence-corrected chi connectivity index (χ4v) is 6.39. The summed E-state index contributed by atoms with van der Waals surface area (Å²) in [6, 6.07) is 40.8. The molecule has 0 saturated heterocycles. The van der Waals surface area contributed by atoms with Gasteiger partial charge in [0.2, 0.25) is 5.88 Å². The summed E-state index contributed by atoms with van der Waals surface area (Å²) in [6.45, 7) is 0.740. The van der Waals surface area contributed by atoms with Crippen LogP contribution < -0.4 is 14.5 Å². The molecule has 222 valence electrons. The van der Waals surface area contributed by atoms with Crippen molar-refractivity contribution < 1.29 is 13.6 Å². The van der Waals surface area contributed by atoms with Crippen LogP contribution >= 0.6 is 0 Å². The number of benzene rings is 5. The second-order valence-electron chi connectivity index (χ2n) is 11.5. The topological polar surface area (TPSA) is 58.1 Å². The zero-order valence-electron chi connectivity index (χ0n) is 25.0. The summed E-state index contributed by atoms with van der Waals surface area (Å²) in [6.07, 6.45) is 5.91. The largest absolute Gasteiger partial charge is 0.456 e. The first-order valence-electron chi connectivity index (χ1n) is 15.2. The Morgan fingerprint density at radius 2 is 1.35 bits per heavy atom. The average molecular weight is 601 g/mol. The molecule has 0 bridgehead atoms. The van der Waals surface area contributed by atoms with E-state index in [0.29, 0.717) is 11.6 Å². The Bertz CT molecular complexity index is 2410. The molecule has 0 aliphatic carbocycles. The lowest BCUT2D eigenvalue weighted by Crippen LogP contribution is -2.22. The molecule has 0 N–H and O–H groups in total. The number of nitrogens with zero attached hydrogens (tertiary/aromatic N) is 4. The van der Waals surface area contributed by atoms with Crippen LogP contribution in [0.4, 0.5) is 22.7 Å². The van der Waals surface area contributed by atoms with Gasteiger partial charge in [-0.3, -0.25) is 0 Å². The van der Waals surface area contributed by atoms with Crippen molar-refractivity contribution in [2.75, 3.05) is 23.5 Å². The van der Waals surface area contributed by atoms with Gasteiger partial charge in [-0.1, -0.05) is 60.7 Å². The molecular weight excluding hydrogens is 572 g/mol. The van der Waals surface area contributed by atoms with Gasteiger partial charge in [0, 0.05) is 72.1 Å². The monoisotopic (exact) mass is 600 g/mol. The van der Waals surface area contributed by atoms with Crippen LogP contribution in [0.3, 0.4) is 0 Å². The lowest BCUT2D eigenvalue weighted by Gasteiger charge is -2.28.